The second-order valence-electron chi connectivity index (χ2n) is 6.24. The molecule has 0 saturated carbocycles. The van der Waals surface area contributed by atoms with Crippen LogP contribution in [0.3, 0.4) is 0 Å². The zero-order chi connectivity index (χ0) is 18.1. The van der Waals surface area contributed by atoms with Gasteiger partial charge in [-0.15, -0.1) is 11.3 Å². The van der Waals surface area contributed by atoms with E-state index in [-0.39, 0.29) is 5.91 Å². The Hall–Kier alpha value is -2.75. The van der Waals surface area contributed by atoms with Crippen molar-refractivity contribution in [2.24, 2.45) is 0 Å². The molecule has 3 aromatic rings. The Kier molecular flexibility index (Phi) is 4.41. The zero-order valence-electron chi connectivity index (χ0n) is 14.4. The highest BCUT2D eigenvalue weighted by atomic mass is 32.1. The number of nitrogen functional groups attached to an aromatic ring is 1. The molecule has 0 aliphatic carbocycles. The summed E-state index contributed by atoms with van der Waals surface area (Å²) in [6.07, 6.45) is 5.73. The number of rotatable bonds is 3. The van der Waals surface area contributed by atoms with Gasteiger partial charge in [-0.2, -0.15) is 0 Å². The maximum Gasteiger partial charge on any atom is 0.245 e. The Morgan fingerprint density at radius 3 is 2.88 bits per heavy atom. The molecule has 1 atom stereocenters. The number of hydrogen-bond acceptors (Lipinski definition) is 8. The van der Waals surface area contributed by atoms with Crippen molar-refractivity contribution in [1.82, 2.24) is 29.4 Å². The monoisotopic (exact) mass is 372 g/mol. The standard InChI is InChI=1S/C16H20N8OS/c1-11(24-10-21-12-13(17)19-9-20-14(12)24)15(25)22-4-2-5-23(7-6-22)16-18-3-8-26-16/h3,8-11H,2,4-7H2,1H3,(H2,17,19,20). The minimum Gasteiger partial charge on any atom is -0.382 e. The highest BCUT2D eigenvalue weighted by Crippen LogP contribution is 2.22. The molecule has 0 radical (unpaired) electrons. The predicted molar refractivity (Wildman–Crippen MR) is 100.0 cm³/mol. The van der Waals surface area contributed by atoms with Crippen LogP contribution in [0.1, 0.15) is 19.4 Å². The van der Waals surface area contributed by atoms with Gasteiger partial charge < -0.3 is 20.1 Å². The van der Waals surface area contributed by atoms with Crippen molar-refractivity contribution in [3.63, 3.8) is 0 Å². The van der Waals surface area contributed by atoms with E-state index < -0.39 is 6.04 Å². The summed E-state index contributed by atoms with van der Waals surface area (Å²) in [6, 6.07) is -0.402. The Labute approximate surface area is 154 Å². The van der Waals surface area contributed by atoms with Crippen LogP contribution in [0, 0.1) is 0 Å². The first-order valence-corrected chi connectivity index (χ1v) is 9.39. The molecule has 2 N–H and O–H groups in total. The largest absolute Gasteiger partial charge is 0.382 e. The number of fused-ring (bicyclic) bond motifs is 1. The van der Waals surface area contributed by atoms with Crippen molar-refractivity contribution >= 4 is 39.4 Å². The van der Waals surface area contributed by atoms with Gasteiger partial charge in [0.2, 0.25) is 5.91 Å². The smallest absolute Gasteiger partial charge is 0.245 e. The summed E-state index contributed by atoms with van der Waals surface area (Å²) in [5.41, 5.74) is 6.95. The maximum absolute atomic E-state index is 13.0. The quantitative estimate of drug-likeness (QED) is 0.735. The number of carbonyl (C=O) groups excluding carboxylic acids is 1. The van der Waals surface area contributed by atoms with Gasteiger partial charge in [-0.05, 0) is 13.3 Å². The van der Waals surface area contributed by atoms with Crippen molar-refractivity contribution in [3.05, 3.63) is 24.2 Å². The lowest BCUT2D eigenvalue weighted by molar-refractivity contribution is -0.134. The average Bonchev–Trinajstić information content (AvgIpc) is 3.27. The Bertz CT molecular complexity index is 908. The van der Waals surface area contributed by atoms with Gasteiger partial charge in [0.15, 0.2) is 16.6 Å². The van der Waals surface area contributed by atoms with Crippen molar-refractivity contribution in [1.29, 1.82) is 0 Å². The molecule has 0 aromatic carbocycles. The van der Waals surface area contributed by atoms with Crippen LogP contribution in [0.5, 0.6) is 0 Å². The SMILES string of the molecule is CC(C(=O)N1CCCN(c2nccs2)CC1)n1cnc2c(N)ncnc21. The lowest BCUT2D eigenvalue weighted by Gasteiger charge is -2.25. The molecule has 0 spiro atoms. The fourth-order valence-electron chi connectivity index (χ4n) is 3.24. The molecule has 1 fully saturated rings. The summed E-state index contributed by atoms with van der Waals surface area (Å²) in [7, 11) is 0. The third-order valence-corrected chi connectivity index (χ3v) is 5.49. The fourth-order valence-corrected chi connectivity index (χ4v) is 3.93. The molecular formula is C16H20N8OS. The van der Waals surface area contributed by atoms with Crippen LogP contribution in [0.4, 0.5) is 10.9 Å². The molecule has 4 rings (SSSR count). The van der Waals surface area contributed by atoms with E-state index in [2.05, 4.69) is 24.8 Å². The van der Waals surface area contributed by atoms with Crippen LogP contribution in [0.15, 0.2) is 24.2 Å². The lowest BCUT2D eigenvalue weighted by atomic mass is 10.2. The van der Waals surface area contributed by atoms with Crippen LogP contribution in [-0.4, -0.2) is 61.5 Å². The molecule has 9 nitrogen and oxygen atoms in total. The number of carbonyl (C=O) groups is 1. The molecule has 26 heavy (non-hydrogen) atoms. The summed E-state index contributed by atoms with van der Waals surface area (Å²) in [4.78, 5) is 34.0. The van der Waals surface area contributed by atoms with E-state index in [0.717, 1.165) is 31.2 Å². The first-order chi connectivity index (χ1) is 12.6. The summed E-state index contributed by atoms with van der Waals surface area (Å²) in [5, 5.41) is 2.99. The molecule has 136 valence electrons. The fraction of sp³-hybridized carbons (Fsp3) is 0.438. The number of imidazole rings is 1. The summed E-state index contributed by atoms with van der Waals surface area (Å²) in [5.74, 6) is 0.379. The van der Waals surface area contributed by atoms with Crippen LogP contribution in [0.25, 0.3) is 11.2 Å². The summed E-state index contributed by atoms with van der Waals surface area (Å²) >= 11 is 1.63. The zero-order valence-corrected chi connectivity index (χ0v) is 15.3. The minimum atomic E-state index is -0.402. The van der Waals surface area contributed by atoms with Gasteiger partial charge in [0.1, 0.15) is 17.9 Å². The molecule has 0 bridgehead atoms. The summed E-state index contributed by atoms with van der Waals surface area (Å²) < 4.78 is 1.76. The van der Waals surface area contributed by atoms with Crippen molar-refractivity contribution in [3.8, 4) is 0 Å². The molecule has 1 amide bonds. The third kappa shape index (κ3) is 2.96. The molecule has 1 aliphatic rings. The Morgan fingerprint density at radius 1 is 1.19 bits per heavy atom. The number of nitrogens with zero attached hydrogens (tertiary/aromatic N) is 7. The van der Waals surface area contributed by atoms with E-state index in [1.165, 1.54) is 6.33 Å². The van der Waals surface area contributed by atoms with E-state index in [9.17, 15) is 4.79 Å². The molecule has 1 aliphatic heterocycles. The molecule has 1 saturated heterocycles. The van der Waals surface area contributed by atoms with Gasteiger partial charge in [-0.3, -0.25) is 4.79 Å². The van der Waals surface area contributed by atoms with Gasteiger partial charge in [0, 0.05) is 37.8 Å². The van der Waals surface area contributed by atoms with E-state index in [4.69, 9.17) is 5.73 Å². The van der Waals surface area contributed by atoms with Crippen molar-refractivity contribution in [2.45, 2.75) is 19.4 Å². The first-order valence-electron chi connectivity index (χ1n) is 8.51. The van der Waals surface area contributed by atoms with Crippen LogP contribution in [-0.2, 0) is 4.79 Å². The number of nitrogens with two attached hydrogens (primary N) is 1. The van der Waals surface area contributed by atoms with Crippen molar-refractivity contribution in [2.75, 3.05) is 36.8 Å². The normalized spacial score (nSPS) is 16.7. The van der Waals surface area contributed by atoms with Gasteiger partial charge in [-0.25, -0.2) is 19.9 Å². The van der Waals surface area contributed by atoms with E-state index in [0.29, 0.717) is 23.5 Å². The predicted octanol–water partition coefficient (Wildman–Crippen LogP) is 1.16. The Balaban J connectivity index is 1.50. The highest BCUT2D eigenvalue weighted by Gasteiger charge is 2.26. The topological polar surface area (TPSA) is 106 Å². The Morgan fingerprint density at radius 2 is 2.08 bits per heavy atom. The van der Waals surface area contributed by atoms with Gasteiger partial charge in [-0.1, -0.05) is 0 Å². The minimum absolute atomic E-state index is 0.0578. The molecule has 1 unspecified atom stereocenters. The van der Waals surface area contributed by atoms with E-state index in [1.807, 2.05) is 23.4 Å². The lowest BCUT2D eigenvalue weighted by Crippen LogP contribution is -2.39. The van der Waals surface area contributed by atoms with Crippen LogP contribution in [0.2, 0.25) is 0 Å². The van der Waals surface area contributed by atoms with E-state index in [1.54, 1.807) is 22.2 Å². The van der Waals surface area contributed by atoms with Gasteiger partial charge >= 0.3 is 0 Å². The second-order valence-corrected chi connectivity index (χ2v) is 7.11. The number of thiazole rings is 1. The van der Waals surface area contributed by atoms with Crippen LogP contribution < -0.4 is 10.6 Å². The number of amides is 1. The van der Waals surface area contributed by atoms with Crippen molar-refractivity contribution < 1.29 is 4.79 Å². The summed E-state index contributed by atoms with van der Waals surface area (Å²) in [6.45, 7) is 4.96. The molecular weight excluding hydrogens is 352 g/mol. The number of hydrogen-bond donors (Lipinski definition) is 1. The first kappa shape index (κ1) is 16.7. The maximum atomic E-state index is 13.0. The number of anilines is 2. The number of aromatic nitrogens is 5. The van der Waals surface area contributed by atoms with Gasteiger partial charge in [0.05, 0.1) is 6.33 Å². The second kappa shape index (κ2) is 6.87. The molecule has 3 aromatic heterocycles. The third-order valence-electron chi connectivity index (χ3n) is 4.66. The van der Waals surface area contributed by atoms with Crippen LogP contribution >= 0.6 is 11.3 Å². The molecule has 4 heterocycles. The highest BCUT2D eigenvalue weighted by molar-refractivity contribution is 7.13. The van der Waals surface area contributed by atoms with Gasteiger partial charge in [0.25, 0.3) is 0 Å². The van der Waals surface area contributed by atoms with E-state index >= 15 is 0 Å². The molecule has 10 heteroatoms. The average molecular weight is 372 g/mol.